The van der Waals surface area contributed by atoms with E-state index in [0.29, 0.717) is 5.56 Å². The van der Waals surface area contributed by atoms with Crippen LogP contribution >= 0.6 is 0 Å². The van der Waals surface area contributed by atoms with Gasteiger partial charge in [-0.3, -0.25) is 0 Å². The molecule has 2 aromatic carbocycles. The smallest absolute Gasteiger partial charge is 0.338 e. The summed E-state index contributed by atoms with van der Waals surface area (Å²) in [5.41, 5.74) is 1.59. The Labute approximate surface area is 119 Å². The molecule has 0 unspecified atom stereocenters. The molecular formula is C17H19NO2. The zero-order valence-corrected chi connectivity index (χ0v) is 11.7. The van der Waals surface area contributed by atoms with Crippen LogP contribution in [0.1, 0.15) is 24.2 Å². The molecular weight excluding hydrogens is 250 g/mol. The van der Waals surface area contributed by atoms with E-state index in [1.54, 1.807) is 12.1 Å². The molecule has 1 N–H and O–H groups in total. The fourth-order valence-corrected chi connectivity index (χ4v) is 1.83. The van der Waals surface area contributed by atoms with Crippen LogP contribution in [-0.2, 0) is 4.74 Å². The maximum Gasteiger partial charge on any atom is 0.338 e. The molecule has 0 radical (unpaired) electrons. The maximum absolute atomic E-state index is 12.0. The van der Waals surface area contributed by atoms with Crippen LogP contribution in [0.4, 0.5) is 5.69 Å². The lowest BCUT2D eigenvalue weighted by molar-refractivity contribution is 0.0312. The Morgan fingerprint density at radius 3 is 2.10 bits per heavy atom. The molecule has 0 aliphatic carbocycles. The lowest BCUT2D eigenvalue weighted by Crippen LogP contribution is -2.32. The molecule has 0 spiro atoms. The van der Waals surface area contributed by atoms with Gasteiger partial charge in [0.1, 0.15) is 6.10 Å². The number of ether oxygens (including phenoxy) is 1. The minimum atomic E-state index is -0.292. The van der Waals surface area contributed by atoms with E-state index in [-0.39, 0.29) is 18.1 Å². The molecule has 2 aromatic rings. The van der Waals surface area contributed by atoms with Crippen molar-refractivity contribution in [1.82, 2.24) is 0 Å². The van der Waals surface area contributed by atoms with Crippen LogP contribution in [0.5, 0.6) is 0 Å². The third kappa shape index (κ3) is 3.85. The number of esters is 1. The largest absolute Gasteiger partial charge is 0.457 e. The average Bonchev–Trinajstić information content (AvgIpc) is 2.49. The standard InChI is InChI=1S/C17H19NO2/c1-13(18-16-11-7-4-8-12-16)14(2)20-17(19)15-9-5-3-6-10-15/h3-14,18H,1-2H3/t13-,14+/m1/s1. The zero-order valence-electron chi connectivity index (χ0n) is 11.7. The van der Waals surface area contributed by atoms with Gasteiger partial charge < -0.3 is 10.1 Å². The third-order valence-electron chi connectivity index (χ3n) is 3.17. The molecule has 0 saturated heterocycles. The van der Waals surface area contributed by atoms with Crippen molar-refractivity contribution in [2.24, 2.45) is 0 Å². The van der Waals surface area contributed by atoms with Crippen LogP contribution < -0.4 is 5.32 Å². The van der Waals surface area contributed by atoms with E-state index in [0.717, 1.165) is 5.69 Å². The first-order valence-corrected chi connectivity index (χ1v) is 6.74. The van der Waals surface area contributed by atoms with E-state index < -0.39 is 0 Å². The Morgan fingerprint density at radius 2 is 1.50 bits per heavy atom. The van der Waals surface area contributed by atoms with Gasteiger partial charge in [-0.25, -0.2) is 4.79 Å². The summed E-state index contributed by atoms with van der Waals surface area (Å²) in [6.07, 6.45) is -0.220. The SMILES string of the molecule is C[C@H](OC(=O)c1ccccc1)[C@@H](C)Nc1ccccc1. The molecule has 0 aromatic heterocycles. The predicted molar refractivity (Wildman–Crippen MR) is 80.8 cm³/mol. The monoisotopic (exact) mass is 269 g/mol. The van der Waals surface area contributed by atoms with E-state index in [4.69, 9.17) is 4.74 Å². The number of carbonyl (C=O) groups excluding carboxylic acids is 1. The van der Waals surface area contributed by atoms with Crippen LogP contribution in [0.25, 0.3) is 0 Å². The van der Waals surface area contributed by atoms with Gasteiger partial charge in [0.2, 0.25) is 0 Å². The van der Waals surface area contributed by atoms with Crippen molar-refractivity contribution < 1.29 is 9.53 Å². The van der Waals surface area contributed by atoms with Crippen LogP contribution in [0.15, 0.2) is 60.7 Å². The normalized spacial score (nSPS) is 13.3. The number of rotatable bonds is 5. The number of anilines is 1. The highest BCUT2D eigenvalue weighted by atomic mass is 16.5. The van der Waals surface area contributed by atoms with Gasteiger partial charge in [-0.05, 0) is 38.1 Å². The fourth-order valence-electron chi connectivity index (χ4n) is 1.83. The van der Waals surface area contributed by atoms with Gasteiger partial charge >= 0.3 is 5.97 Å². The number of para-hydroxylation sites is 1. The van der Waals surface area contributed by atoms with E-state index >= 15 is 0 Å². The Bertz CT molecular complexity index is 539. The maximum atomic E-state index is 12.0. The molecule has 0 saturated carbocycles. The number of hydrogen-bond acceptors (Lipinski definition) is 3. The number of hydrogen-bond donors (Lipinski definition) is 1. The Morgan fingerprint density at radius 1 is 0.950 bits per heavy atom. The second kappa shape index (κ2) is 6.75. The second-order valence-electron chi connectivity index (χ2n) is 4.78. The summed E-state index contributed by atoms with van der Waals surface area (Å²) < 4.78 is 5.47. The van der Waals surface area contributed by atoms with Crippen molar-refractivity contribution in [2.45, 2.75) is 26.0 Å². The lowest BCUT2D eigenvalue weighted by atomic mass is 10.2. The van der Waals surface area contributed by atoms with Gasteiger partial charge in [0.15, 0.2) is 0 Å². The summed E-state index contributed by atoms with van der Waals surface area (Å²) in [7, 11) is 0. The van der Waals surface area contributed by atoms with Gasteiger partial charge in [0.05, 0.1) is 11.6 Å². The summed E-state index contributed by atoms with van der Waals surface area (Å²) in [5.74, 6) is -0.292. The summed E-state index contributed by atoms with van der Waals surface area (Å²) in [5, 5.41) is 3.32. The van der Waals surface area contributed by atoms with E-state index in [1.165, 1.54) is 0 Å². The summed E-state index contributed by atoms with van der Waals surface area (Å²) >= 11 is 0. The van der Waals surface area contributed by atoms with Gasteiger partial charge in [-0.1, -0.05) is 36.4 Å². The Hall–Kier alpha value is -2.29. The van der Waals surface area contributed by atoms with Crippen molar-refractivity contribution >= 4 is 11.7 Å². The number of carbonyl (C=O) groups is 1. The molecule has 0 aliphatic heterocycles. The van der Waals surface area contributed by atoms with Gasteiger partial charge in [0, 0.05) is 5.69 Å². The molecule has 0 amide bonds. The molecule has 3 nitrogen and oxygen atoms in total. The van der Waals surface area contributed by atoms with Crippen LogP contribution in [0.3, 0.4) is 0 Å². The Kier molecular flexibility index (Phi) is 4.77. The molecule has 2 atom stereocenters. The quantitative estimate of drug-likeness (QED) is 0.840. The summed E-state index contributed by atoms with van der Waals surface area (Å²) in [4.78, 5) is 12.0. The van der Waals surface area contributed by atoms with Crippen molar-refractivity contribution in [1.29, 1.82) is 0 Å². The van der Waals surface area contributed by atoms with E-state index in [9.17, 15) is 4.79 Å². The minimum Gasteiger partial charge on any atom is -0.457 e. The van der Waals surface area contributed by atoms with Crippen molar-refractivity contribution in [2.75, 3.05) is 5.32 Å². The second-order valence-corrected chi connectivity index (χ2v) is 4.78. The number of benzene rings is 2. The first-order chi connectivity index (χ1) is 9.66. The molecule has 104 valence electrons. The average molecular weight is 269 g/mol. The molecule has 3 heteroatoms. The summed E-state index contributed by atoms with van der Waals surface area (Å²) in [6.45, 7) is 3.89. The van der Waals surface area contributed by atoms with Gasteiger partial charge in [-0.2, -0.15) is 0 Å². The molecule has 0 aliphatic rings. The molecule has 20 heavy (non-hydrogen) atoms. The molecule has 2 rings (SSSR count). The Balaban J connectivity index is 1.91. The van der Waals surface area contributed by atoms with Crippen molar-refractivity contribution in [3.63, 3.8) is 0 Å². The predicted octanol–water partition coefficient (Wildman–Crippen LogP) is 3.73. The van der Waals surface area contributed by atoms with Crippen molar-refractivity contribution in [3.05, 3.63) is 66.2 Å². The highest BCUT2D eigenvalue weighted by molar-refractivity contribution is 5.89. The van der Waals surface area contributed by atoms with Crippen molar-refractivity contribution in [3.8, 4) is 0 Å². The summed E-state index contributed by atoms with van der Waals surface area (Å²) in [6, 6.07) is 18.9. The number of nitrogens with one attached hydrogen (secondary N) is 1. The highest BCUT2D eigenvalue weighted by Crippen LogP contribution is 2.12. The van der Waals surface area contributed by atoms with Crippen LogP contribution in [0, 0.1) is 0 Å². The molecule has 0 heterocycles. The molecule has 0 bridgehead atoms. The fraction of sp³-hybridized carbons (Fsp3) is 0.235. The minimum absolute atomic E-state index is 0.0325. The first kappa shape index (κ1) is 14.1. The third-order valence-corrected chi connectivity index (χ3v) is 3.17. The zero-order chi connectivity index (χ0) is 14.4. The lowest BCUT2D eigenvalue weighted by Gasteiger charge is -2.22. The molecule has 0 fully saturated rings. The van der Waals surface area contributed by atoms with Gasteiger partial charge in [-0.15, -0.1) is 0 Å². The first-order valence-electron chi connectivity index (χ1n) is 6.74. The highest BCUT2D eigenvalue weighted by Gasteiger charge is 2.17. The van der Waals surface area contributed by atoms with E-state index in [1.807, 2.05) is 62.4 Å². The van der Waals surface area contributed by atoms with Gasteiger partial charge in [0.25, 0.3) is 0 Å². The van der Waals surface area contributed by atoms with Crippen LogP contribution in [0.2, 0.25) is 0 Å². The van der Waals surface area contributed by atoms with Crippen LogP contribution in [-0.4, -0.2) is 18.1 Å². The van der Waals surface area contributed by atoms with E-state index in [2.05, 4.69) is 5.32 Å². The topological polar surface area (TPSA) is 38.3 Å².